The number of carbonyl (C=O) groups is 1. The Hall–Kier alpha value is -1.88. The van der Waals surface area contributed by atoms with Crippen molar-refractivity contribution in [1.29, 1.82) is 0 Å². The first-order chi connectivity index (χ1) is 9.47. The molecule has 104 valence electrons. The molecule has 5 heteroatoms. The Morgan fingerprint density at radius 3 is 2.50 bits per heavy atom. The maximum Gasteiger partial charge on any atom is 0.254 e. The van der Waals surface area contributed by atoms with Crippen LogP contribution >= 0.6 is 15.9 Å². The highest BCUT2D eigenvalue weighted by molar-refractivity contribution is 9.10. The van der Waals surface area contributed by atoms with Crippen molar-refractivity contribution in [1.82, 2.24) is 5.32 Å². The van der Waals surface area contributed by atoms with Crippen LogP contribution in [0.5, 0.6) is 0 Å². The zero-order valence-electron chi connectivity index (χ0n) is 10.9. The number of amides is 1. The number of hydrogen-bond acceptors (Lipinski definition) is 2. The van der Waals surface area contributed by atoms with E-state index in [1.807, 2.05) is 19.1 Å². The highest BCUT2D eigenvalue weighted by Gasteiger charge is 2.15. The summed E-state index contributed by atoms with van der Waals surface area (Å²) in [4.78, 5) is 12.0. The number of nitrogens with two attached hydrogens (primary N) is 1. The van der Waals surface area contributed by atoms with Gasteiger partial charge in [0.2, 0.25) is 0 Å². The van der Waals surface area contributed by atoms with Crippen molar-refractivity contribution in [2.75, 3.05) is 5.73 Å². The van der Waals surface area contributed by atoms with Gasteiger partial charge in [-0.1, -0.05) is 28.1 Å². The minimum absolute atomic E-state index is 0.0236. The Labute approximate surface area is 125 Å². The minimum Gasteiger partial charge on any atom is -0.399 e. The Balaban J connectivity index is 2.13. The van der Waals surface area contributed by atoms with Crippen LogP contribution in [0, 0.1) is 5.82 Å². The van der Waals surface area contributed by atoms with E-state index in [1.54, 1.807) is 18.2 Å². The quantitative estimate of drug-likeness (QED) is 0.840. The first-order valence-corrected chi connectivity index (χ1v) is 6.88. The molecule has 0 aliphatic heterocycles. The molecule has 0 radical (unpaired) electrons. The second-order valence-corrected chi connectivity index (χ2v) is 5.40. The smallest absolute Gasteiger partial charge is 0.254 e. The van der Waals surface area contributed by atoms with Crippen molar-refractivity contribution in [2.45, 2.75) is 13.0 Å². The van der Waals surface area contributed by atoms with Crippen LogP contribution in [0.3, 0.4) is 0 Å². The lowest BCUT2D eigenvalue weighted by Crippen LogP contribution is -2.27. The van der Waals surface area contributed by atoms with Crippen molar-refractivity contribution in [2.24, 2.45) is 0 Å². The van der Waals surface area contributed by atoms with E-state index in [9.17, 15) is 9.18 Å². The molecular formula is C15H14BrFN2O. The van der Waals surface area contributed by atoms with Crippen LogP contribution in [0.25, 0.3) is 0 Å². The van der Waals surface area contributed by atoms with E-state index in [0.29, 0.717) is 10.2 Å². The predicted molar refractivity (Wildman–Crippen MR) is 80.8 cm³/mol. The molecule has 3 nitrogen and oxygen atoms in total. The zero-order chi connectivity index (χ0) is 14.7. The summed E-state index contributed by atoms with van der Waals surface area (Å²) in [6, 6.07) is 11.3. The topological polar surface area (TPSA) is 55.1 Å². The number of benzene rings is 2. The molecule has 0 heterocycles. The Kier molecular flexibility index (Phi) is 4.39. The molecule has 3 N–H and O–H groups in total. The van der Waals surface area contributed by atoms with Gasteiger partial charge in [-0.25, -0.2) is 4.39 Å². The van der Waals surface area contributed by atoms with Crippen molar-refractivity contribution in [3.05, 3.63) is 63.9 Å². The Bertz CT molecular complexity index is 628. The maximum absolute atomic E-state index is 13.7. The monoisotopic (exact) mass is 336 g/mol. The fourth-order valence-corrected chi connectivity index (χ4v) is 2.15. The van der Waals surface area contributed by atoms with Gasteiger partial charge in [-0.2, -0.15) is 0 Å². The molecule has 0 aliphatic carbocycles. The van der Waals surface area contributed by atoms with Crippen LogP contribution in [0.4, 0.5) is 10.1 Å². The highest BCUT2D eigenvalue weighted by atomic mass is 79.9. The van der Waals surface area contributed by atoms with Crippen LogP contribution in [-0.2, 0) is 0 Å². The SMILES string of the molecule is CC(NC(=O)c1ccc(Br)cc1F)c1ccc(N)cc1. The Morgan fingerprint density at radius 2 is 1.90 bits per heavy atom. The average molecular weight is 337 g/mol. The largest absolute Gasteiger partial charge is 0.399 e. The van der Waals surface area contributed by atoms with E-state index in [0.717, 1.165) is 5.56 Å². The number of rotatable bonds is 3. The van der Waals surface area contributed by atoms with Gasteiger partial charge in [0.15, 0.2) is 0 Å². The second kappa shape index (κ2) is 6.05. The number of anilines is 1. The van der Waals surface area contributed by atoms with E-state index < -0.39 is 11.7 Å². The molecule has 0 spiro atoms. The van der Waals surface area contributed by atoms with Gasteiger partial charge in [0.05, 0.1) is 11.6 Å². The van der Waals surface area contributed by atoms with Crippen LogP contribution in [0.1, 0.15) is 28.9 Å². The first-order valence-electron chi connectivity index (χ1n) is 6.08. The van der Waals surface area contributed by atoms with Crippen LogP contribution in [0.15, 0.2) is 46.9 Å². The van der Waals surface area contributed by atoms with E-state index >= 15 is 0 Å². The summed E-state index contributed by atoms with van der Waals surface area (Å²) in [6.07, 6.45) is 0. The third-order valence-electron chi connectivity index (χ3n) is 2.96. The summed E-state index contributed by atoms with van der Waals surface area (Å²) >= 11 is 3.16. The average Bonchev–Trinajstić information content (AvgIpc) is 2.39. The molecule has 0 bridgehead atoms. The zero-order valence-corrected chi connectivity index (χ0v) is 12.4. The lowest BCUT2D eigenvalue weighted by atomic mass is 10.1. The minimum atomic E-state index is -0.554. The number of carbonyl (C=O) groups excluding carboxylic acids is 1. The van der Waals surface area contributed by atoms with E-state index in [1.165, 1.54) is 12.1 Å². The molecule has 20 heavy (non-hydrogen) atoms. The van der Waals surface area contributed by atoms with Crippen molar-refractivity contribution in [3.8, 4) is 0 Å². The number of halogens is 2. The van der Waals surface area contributed by atoms with Gasteiger partial charge in [0.1, 0.15) is 5.82 Å². The van der Waals surface area contributed by atoms with Gasteiger partial charge in [-0.05, 0) is 42.8 Å². The molecule has 0 aromatic heterocycles. The van der Waals surface area contributed by atoms with E-state index in [4.69, 9.17) is 5.73 Å². The van der Waals surface area contributed by atoms with Crippen LogP contribution < -0.4 is 11.1 Å². The summed E-state index contributed by atoms with van der Waals surface area (Å²) in [5.74, 6) is -0.999. The summed E-state index contributed by atoms with van der Waals surface area (Å²) in [7, 11) is 0. The second-order valence-electron chi connectivity index (χ2n) is 4.49. The lowest BCUT2D eigenvalue weighted by molar-refractivity contribution is 0.0936. The molecule has 0 aliphatic rings. The van der Waals surface area contributed by atoms with E-state index in [-0.39, 0.29) is 11.6 Å². The standard InChI is InChI=1S/C15H14BrFN2O/c1-9(10-2-5-12(18)6-3-10)19-15(20)13-7-4-11(16)8-14(13)17/h2-9H,18H2,1H3,(H,19,20). The van der Waals surface area contributed by atoms with Crippen LogP contribution in [-0.4, -0.2) is 5.91 Å². The first kappa shape index (κ1) is 14.5. The molecular weight excluding hydrogens is 323 g/mol. The van der Waals surface area contributed by atoms with E-state index in [2.05, 4.69) is 21.2 Å². The van der Waals surface area contributed by atoms with Gasteiger partial charge < -0.3 is 11.1 Å². The van der Waals surface area contributed by atoms with Gasteiger partial charge in [0, 0.05) is 10.2 Å². The molecule has 1 amide bonds. The van der Waals surface area contributed by atoms with Gasteiger partial charge in [0.25, 0.3) is 5.91 Å². The van der Waals surface area contributed by atoms with Gasteiger partial charge in [-0.3, -0.25) is 4.79 Å². The lowest BCUT2D eigenvalue weighted by Gasteiger charge is -2.15. The molecule has 0 fully saturated rings. The summed E-state index contributed by atoms with van der Waals surface area (Å²) < 4.78 is 14.3. The number of hydrogen-bond donors (Lipinski definition) is 2. The van der Waals surface area contributed by atoms with Crippen molar-refractivity contribution in [3.63, 3.8) is 0 Å². The molecule has 2 aromatic rings. The van der Waals surface area contributed by atoms with Crippen molar-refractivity contribution >= 4 is 27.5 Å². The van der Waals surface area contributed by atoms with Crippen LogP contribution in [0.2, 0.25) is 0 Å². The molecule has 0 saturated carbocycles. The summed E-state index contributed by atoms with van der Waals surface area (Å²) in [5.41, 5.74) is 7.20. The highest BCUT2D eigenvalue weighted by Crippen LogP contribution is 2.18. The maximum atomic E-state index is 13.7. The third-order valence-corrected chi connectivity index (χ3v) is 3.45. The molecule has 1 atom stereocenters. The molecule has 1 unspecified atom stereocenters. The summed E-state index contributed by atoms with van der Waals surface area (Å²) in [5, 5.41) is 2.76. The third kappa shape index (κ3) is 3.36. The fraction of sp³-hybridized carbons (Fsp3) is 0.133. The van der Waals surface area contributed by atoms with Gasteiger partial charge in [-0.15, -0.1) is 0 Å². The molecule has 0 saturated heterocycles. The number of nitrogens with one attached hydrogen (secondary N) is 1. The number of nitrogen functional groups attached to an aromatic ring is 1. The molecule has 2 aromatic carbocycles. The van der Waals surface area contributed by atoms with Gasteiger partial charge >= 0.3 is 0 Å². The fourth-order valence-electron chi connectivity index (χ4n) is 1.82. The Morgan fingerprint density at radius 1 is 1.25 bits per heavy atom. The normalized spacial score (nSPS) is 11.9. The van der Waals surface area contributed by atoms with Crippen molar-refractivity contribution < 1.29 is 9.18 Å². The summed E-state index contributed by atoms with van der Waals surface area (Å²) in [6.45, 7) is 1.83. The molecule has 2 rings (SSSR count). The predicted octanol–water partition coefficient (Wildman–Crippen LogP) is 3.66.